The molecule has 0 unspecified atom stereocenters. The molecule has 0 aromatic heterocycles. The Morgan fingerprint density at radius 1 is 0.950 bits per heavy atom. The summed E-state index contributed by atoms with van der Waals surface area (Å²) in [6, 6.07) is 16.0. The van der Waals surface area contributed by atoms with Crippen LogP contribution >= 0.6 is 23.2 Å². The van der Waals surface area contributed by atoms with Crippen LogP contribution in [0.25, 0.3) is 0 Å². The zero-order chi connectivity index (χ0) is 14.5. The maximum atomic E-state index is 5.96. The van der Waals surface area contributed by atoms with Gasteiger partial charge in [0.05, 0.1) is 0 Å². The number of hydrogen-bond acceptors (Lipinski definition) is 1. The van der Waals surface area contributed by atoms with Crippen molar-refractivity contribution in [3.05, 3.63) is 65.2 Å². The molecule has 0 aliphatic heterocycles. The molecule has 2 rings (SSSR count). The quantitative estimate of drug-likeness (QED) is 0.628. The summed E-state index contributed by atoms with van der Waals surface area (Å²) in [7, 11) is 0. The minimum atomic E-state index is -0.530. The Morgan fingerprint density at radius 3 is 2.20 bits per heavy atom. The molecule has 0 N–H and O–H groups in total. The summed E-state index contributed by atoms with van der Waals surface area (Å²) >= 11 is 11.9. The number of hydrogen-bond donors (Lipinski definition) is 0. The van der Waals surface area contributed by atoms with Gasteiger partial charge in [0, 0.05) is 0 Å². The van der Waals surface area contributed by atoms with E-state index in [0.717, 1.165) is 16.9 Å². The Kier molecular flexibility index (Phi) is 5.33. The molecule has 0 fully saturated rings. The molecule has 0 radical (unpaired) electrons. The molecule has 106 valence electrons. The first-order valence-electron chi connectivity index (χ1n) is 6.66. The average molecular weight is 309 g/mol. The van der Waals surface area contributed by atoms with E-state index >= 15 is 0 Å². The number of halogens is 2. The molecule has 20 heavy (non-hydrogen) atoms. The van der Waals surface area contributed by atoms with Gasteiger partial charge in [-0.05, 0) is 34.7 Å². The highest BCUT2D eigenvalue weighted by Crippen LogP contribution is 2.28. The van der Waals surface area contributed by atoms with Crippen LogP contribution in [0.5, 0.6) is 5.75 Å². The van der Waals surface area contributed by atoms with E-state index in [4.69, 9.17) is 27.9 Å². The molecule has 2 aromatic rings. The summed E-state index contributed by atoms with van der Waals surface area (Å²) in [6.45, 7) is 4.81. The Morgan fingerprint density at radius 2 is 1.60 bits per heavy atom. The maximum absolute atomic E-state index is 5.96. The van der Waals surface area contributed by atoms with Gasteiger partial charge in [-0.1, -0.05) is 50.2 Å². The van der Waals surface area contributed by atoms with Gasteiger partial charge in [0.1, 0.15) is 17.2 Å². The fourth-order valence-corrected chi connectivity index (χ4v) is 2.41. The number of alkyl halides is 2. The van der Waals surface area contributed by atoms with Crippen LogP contribution in [-0.4, -0.2) is 0 Å². The molecule has 0 aliphatic carbocycles. The number of benzene rings is 2. The van der Waals surface area contributed by atoms with Gasteiger partial charge in [-0.15, -0.1) is 23.2 Å². The summed E-state index contributed by atoms with van der Waals surface area (Å²) in [5, 5.41) is 0. The van der Waals surface area contributed by atoms with Crippen molar-refractivity contribution in [1.29, 1.82) is 0 Å². The predicted molar refractivity (Wildman–Crippen MR) is 85.8 cm³/mol. The molecule has 0 saturated heterocycles. The topological polar surface area (TPSA) is 9.23 Å². The molecule has 2 aromatic carbocycles. The van der Waals surface area contributed by atoms with Crippen LogP contribution in [0.2, 0.25) is 0 Å². The van der Waals surface area contributed by atoms with E-state index < -0.39 is 4.84 Å². The van der Waals surface area contributed by atoms with E-state index in [0.29, 0.717) is 12.5 Å². The third kappa shape index (κ3) is 3.91. The third-order valence-electron chi connectivity index (χ3n) is 3.23. The lowest BCUT2D eigenvalue weighted by Gasteiger charge is -2.12. The van der Waals surface area contributed by atoms with Gasteiger partial charge in [0.25, 0.3) is 0 Å². The van der Waals surface area contributed by atoms with Crippen molar-refractivity contribution in [3.63, 3.8) is 0 Å². The smallest absolute Gasteiger partial charge is 0.133 e. The van der Waals surface area contributed by atoms with Gasteiger partial charge in [0.2, 0.25) is 0 Å². The second-order valence-electron chi connectivity index (χ2n) is 5.01. The molecule has 0 heterocycles. The molecule has 0 bridgehead atoms. The van der Waals surface area contributed by atoms with Gasteiger partial charge in [0.15, 0.2) is 0 Å². The van der Waals surface area contributed by atoms with Crippen LogP contribution < -0.4 is 4.74 Å². The molecular formula is C17H18Cl2O. The molecule has 0 saturated carbocycles. The van der Waals surface area contributed by atoms with Gasteiger partial charge in [-0.2, -0.15) is 0 Å². The Labute approximate surface area is 130 Å². The van der Waals surface area contributed by atoms with E-state index in [-0.39, 0.29) is 0 Å². The van der Waals surface area contributed by atoms with Crippen molar-refractivity contribution in [3.8, 4) is 5.75 Å². The van der Waals surface area contributed by atoms with Crippen LogP contribution in [0, 0.1) is 0 Å². The average Bonchev–Trinajstić information content (AvgIpc) is 2.45. The van der Waals surface area contributed by atoms with Crippen molar-refractivity contribution in [2.45, 2.75) is 31.2 Å². The molecule has 0 spiro atoms. The van der Waals surface area contributed by atoms with Gasteiger partial charge in [-0.3, -0.25) is 0 Å². The molecule has 3 heteroatoms. The van der Waals surface area contributed by atoms with Crippen molar-refractivity contribution in [2.75, 3.05) is 0 Å². The number of rotatable bonds is 5. The molecular weight excluding hydrogens is 291 g/mol. The Balaban J connectivity index is 2.05. The van der Waals surface area contributed by atoms with Crippen LogP contribution in [0.4, 0.5) is 0 Å². The van der Waals surface area contributed by atoms with Crippen molar-refractivity contribution in [2.24, 2.45) is 0 Å². The van der Waals surface area contributed by atoms with Crippen LogP contribution in [0.1, 0.15) is 41.3 Å². The largest absolute Gasteiger partial charge is 0.489 e. The summed E-state index contributed by atoms with van der Waals surface area (Å²) < 4.78 is 5.80. The molecule has 0 amide bonds. The molecule has 0 aliphatic rings. The summed E-state index contributed by atoms with van der Waals surface area (Å²) in [5.41, 5.74) is 3.21. The van der Waals surface area contributed by atoms with E-state index in [1.54, 1.807) is 0 Å². The first kappa shape index (κ1) is 15.2. The maximum Gasteiger partial charge on any atom is 0.133 e. The SMILES string of the molecule is CC(C)c1ccc(OCc2ccccc2C(Cl)Cl)cc1. The second kappa shape index (κ2) is 7.01. The van der Waals surface area contributed by atoms with Crippen LogP contribution in [0.3, 0.4) is 0 Å². The lowest BCUT2D eigenvalue weighted by atomic mass is 10.0. The van der Waals surface area contributed by atoms with Crippen LogP contribution in [-0.2, 0) is 6.61 Å². The summed E-state index contributed by atoms with van der Waals surface area (Å²) in [4.78, 5) is -0.530. The van der Waals surface area contributed by atoms with Crippen molar-refractivity contribution < 1.29 is 4.74 Å². The summed E-state index contributed by atoms with van der Waals surface area (Å²) in [6.07, 6.45) is 0. The molecule has 0 atom stereocenters. The van der Waals surface area contributed by atoms with E-state index in [2.05, 4.69) is 26.0 Å². The lowest BCUT2D eigenvalue weighted by molar-refractivity contribution is 0.305. The highest BCUT2D eigenvalue weighted by Gasteiger charge is 2.09. The van der Waals surface area contributed by atoms with Crippen molar-refractivity contribution in [1.82, 2.24) is 0 Å². The first-order valence-corrected chi connectivity index (χ1v) is 7.54. The normalized spacial score (nSPS) is 11.1. The fraction of sp³-hybridized carbons (Fsp3) is 0.294. The van der Waals surface area contributed by atoms with Gasteiger partial charge >= 0.3 is 0 Å². The van der Waals surface area contributed by atoms with Crippen molar-refractivity contribution >= 4 is 23.2 Å². The zero-order valence-electron chi connectivity index (χ0n) is 11.6. The standard InChI is InChI=1S/C17H18Cl2O/c1-12(2)13-7-9-15(10-8-13)20-11-14-5-3-4-6-16(14)17(18)19/h3-10,12,17H,11H2,1-2H3. The van der Waals surface area contributed by atoms with E-state index in [9.17, 15) is 0 Å². The minimum Gasteiger partial charge on any atom is -0.489 e. The fourth-order valence-electron chi connectivity index (χ4n) is 1.99. The minimum absolute atomic E-state index is 0.465. The lowest BCUT2D eigenvalue weighted by Crippen LogP contribution is -2.00. The number of ether oxygens (including phenoxy) is 1. The van der Waals surface area contributed by atoms with Gasteiger partial charge < -0.3 is 4.74 Å². The third-order valence-corrected chi connectivity index (χ3v) is 3.70. The monoisotopic (exact) mass is 308 g/mol. The molecule has 1 nitrogen and oxygen atoms in total. The van der Waals surface area contributed by atoms with E-state index in [1.165, 1.54) is 5.56 Å². The van der Waals surface area contributed by atoms with Gasteiger partial charge in [-0.25, -0.2) is 0 Å². The highest BCUT2D eigenvalue weighted by atomic mass is 35.5. The Hall–Kier alpha value is -1.18. The highest BCUT2D eigenvalue weighted by molar-refractivity contribution is 6.44. The Bertz CT molecular complexity index is 547. The summed E-state index contributed by atoms with van der Waals surface area (Å²) in [5.74, 6) is 1.38. The van der Waals surface area contributed by atoms with Crippen LogP contribution in [0.15, 0.2) is 48.5 Å². The first-order chi connectivity index (χ1) is 9.58. The van der Waals surface area contributed by atoms with E-state index in [1.807, 2.05) is 36.4 Å². The predicted octanol–water partition coefficient (Wildman–Crippen LogP) is 5.87. The zero-order valence-corrected chi connectivity index (χ0v) is 13.2. The second-order valence-corrected chi connectivity index (χ2v) is 6.11.